The van der Waals surface area contributed by atoms with Gasteiger partial charge in [0.05, 0.1) is 16.4 Å². The summed E-state index contributed by atoms with van der Waals surface area (Å²) in [6.07, 6.45) is 5.53. The molecule has 2 rings (SSSR count). The van der Waals surface area contributed by atoms with Crippen molar-refractivity contribution < 1.29 is 4.79 Å². The van der Waals surface area contributed by atoms with Gasteiger partial charge in [-0.3, -0.25) is 9.78 Å². The molecule has 0 fully saturated rings. The number of anilines is 1. The molecule has 0 saturated heterocycles. The summed E-state index contributed by atoms with van der Waals surface area (Å²) in [4.78, 5) is 28.3. The lowest BCUT2D eigenvalue weighted by Gasteiger charge is -2.08. The zero-order chi connectivity index (χ0) is 15.9. The first kappa shape index (κ1) is 16.3. The second kappa shape index (κ2) is 7.79. The molecule has 0 aromatic carbocycles. The summed E-state index contributed by atoms with van der Waals surface area (Å²) < 4.78 is 0.817. The van der Waals surface area contributed by atoms with Crippen LogP contribution in [0, 0.1) is 13.8 Å². The van der Waals surface area contributed by atoms with Gasteiger partial charge >= 0.3 is 0 Å². The maximum atomic E-state index is 11.8. The second-order valence-corrected chi connectivity index (χ2v) is 5.55. The van der Waals surface area contributed by atoms with Crippen molar-refractivity contribution in [1.29, 1.82) is 0 Å². The van der Waals surface area contributed by atoms with Crippen LogP contribution in [0.5, 0.6) is 0 Å². The van der Waals surface area contributed by atoms with Gasteiger partial charge < -0.3 is 10.6 Å². The molecule has 0 atom stereocenters. The minimum absolute atomic E-state index is 0.216. The summed E-state index contributed by atoms with van der Waals surface area (Å²) in [5.41, 5.74) is 1.11. The van der Waals surface area contributed by atoms with E-state index >= 15 is 0 Å². The third-order valence-electron chi connectivity index (χ3n) is 2.81. The fraction of sp³-hybridized carbons (Fsp3) is 0.357. The highest BCUT2D eigenvalue weighted by atomic mass is 79.9. The Labute approximate surface area is 137 Å². The van der Waals surface area contributed by atoms with Crippen molar-refractivity contribution >= 4 is 27.7 Å². The van der Waals surface area contributed by atoms with Crippen LogP contribution in [0.3, 0.4) is 0 Å². The van der Waals surface area contributed by atoms with Gasteiger partial charge in [0.1, 0.15) is 17.3 Å². The molecular weight excluding hydrogens is 348 g/mol. The predicted molar refractivity (Wildman–Crippen MR) is 86.7 cm³/mol. The average molecular weight is 365 g/mol. The van der Waals surface area contributed by atoms with E-state index in [-0.39, 0.29) is 5.91 Å². The minimum Gasteiger partial charge on any atom is -0.369 e. The van der Waals surface area contributed by atoms with Crippen molar-refractivity contribution in [2.45, 2.75) is 20.3 Å². The van der Waals surface area contributed by atoms with Crippen molar-refractivity contribution in [1.82, 2.24) is 25.3 Å². The number of carbonyl (C=O) groups is 1. The Kier molecular flexibility index (Phi) is 5.76. The monoisotopic (exact) mass is 364 g/mol. The van der Waals surface area contributed by atoms with Crippen LogP contribution in [-0.2, 0) is 0 Å². The van der Waals surface area contributed by atoms with Gasteiger partial charge in [0.15, 0.2) is 0 Å². The van der Waals surface area contributed by atoms with Crippen LogP contribution in [0.1, 0.15) is 28.4 Å². The van der Waals surface area contributed by atoms with Crippen LogP contribution < -0.4 is 10.6 Å². The molecule has 1 amide bonds. The number of amides is 1. The first-order valence-electron chi connectivity index (χ1n) is 6.86. The zero-order valence-corrected chi connectivity index (χ0v) is 14.0. The maximum absolute atomic E-state index is 11.8. The van der Waals surface area contributed by atoms with Crippen LogP contribution >= 0.6 is 15.9 Å². The van der Waals surface area contributed by atoms with Crippen molar-refractivity contribution in [2.24, 2.45) is 0 Å². The van der Waals surface area contributed by atoms with Crippen LogP contribution in [0.25, 0.3) is 0 Å². The summed E-state index contributed by atoms with van der Waals surface area (Å²) >= 11 is 3.39. The molecule has 2 aromatic rings. The normalized spacial score (nSPS) is 10.3. The topological polar surface area (TPSA) is 92.7 Å². The summed E-state index contributed by atoms with van der Waals surface area (Å²) in [6, 6.07) is 0. The molecule has 8 heteroatoms. The highest BCUT2D eigenvalue weighted by molar-refractivity contribution is 9.10. The first-order chi connectivity index (χ1) is 10.6. The molecule has 22 heavy (non-hydrogen) atoms. The van der Waals surface area contributed by atoms with Crippen LogP contribution in [0.4, 0.5) is 5.82 Å². The Bertz CT molecular complexity index is 646. The Morgan fingerprint density at radius 1 is 1.14 bits per heavy atom. The van der Waals surface area contributed by atoms with Gasteiger partial charge in [0, 0.05) is 25.5 Å². The van der Waals surface area contributed by atoms with Crippen molar-refractivity contribution in [3.63, 3.8) is 0 Å². The van der Waals surface area contributed by atoms with E-state index in [2.05, 4.69) is 46.5 Å². The molecule has 0 spiro atoms. The number of hydrogen-bond acceptors (Lipinski definition) is 6. The minimum atomic E-state index is -0.216. The Morgan fingerprint density at radius 2 is 1.95 bits per heavy atom. The van der Waals surface area contributed by atoms with Gasteiger partial charge in [0.2, 0.25) is 0 Å². The Morgan fingerprint density at radius 3 is 2.68 bits per heavy atom. The lowest BCUT2D eigenvalue weighted by atomic mass is 10.3. The van der Waals surface area contributed by atoms with Crippen molar-refractivity contribution in [3.8, 4) is 0 Å². The summed E-state index contributed by atoms with van der Waals surface area (Å²) in [5, 5.41) is 6.00. The van der Waals surface area contributed by atoms with E-state index in [0.717, 1.165) is 22.4 Å². The van der Waals surface area contributed by atoms with Crippen LogP contribution in [-0.4, -0.2) is 38.9 Å². The van der Waals surface area contributed by atoms with E-state index in [0.29, 0.717) is 24.6 Å². The summed E-state index contributed by atoms with van der Waals surface area (Å²) in [5.74, 6) is 1.24. The molecule has 0 aliphatic rings. The van der Waals surface area contributed by atoms with E-state index in [1.54, 1.807) is 12.4 Å². The van der Waals surface area contributed by atoms with E-state index in [9.17, 15) is 4.79 Å². The number of nitrogens with zero attached hydrogens (tertiary/aromatic N) is 4. The van der Waals surface area contributed by atoms with Gasteiger partial charge in [-0.15, -0.1) is 0 Å². The molecule has 7 nitrogen and oxygen atoms in total. The number of hydrogen-bond donors (Lipinski definition) is 2. The van der Waals surface area contributed by atoms with Gasteiger partial charge in [-0.25, -0.2) is 15.0 Å². The molecule has 116 valence electrons. The maximum Gasteiger partial charge on any atom is 0.271 e. The summed E-state index contributed by atoms with van der Waals surface area (Å²) in [6.45, 7) is 4.89. The SMILES string of the molecule is Cc1cnc(C(=O)NCCCNc2nc(C)ncc2Br)cn1. The molecule has 2 aromatic heterocycles. The fourth-order valence-corrected chi connectivity index (χ4v) is 2.01. The molecule has 2 heterocycles. The highest BCUT2D eigenvalue weighted by Gasteiger charge is 2.06. The average Bonchev–Trinajstić information content (AvgIpc) is 2.50. The quantitative estimate of drug-likeness (QED) is 0.760. The third kappa shape index (κ3) is 4.73. The third-order valence-corrected chi connectivity index (χ3v) is 3.39. The lowest BCUT2D eigenvalue weighted by molar-refractivity contribution is 0.0948. The van der Waals surface area contributed by atoms with Gasteiger partial charge in [-0.2, -0.15) is 0 Å². The number of aromatic nitrogens is 4. The molecule has 0 saturated carbocycles. The molecule has 0 aliphatic carbocycles. The number of rotatable bonds is 6. The number of aryl methyl sites for hydroxylation is 2. The largest absolute Gasteiger partial charge is 0.369 e. The number of nitrogens with one attached hydrogen (secondary N) is 2. The first-order valence-corrected chi connectivity index (χ1v) is 7.65. The number of carbonyl (C=O) groups excluding carboxylic acids is 1. The molecule has 0 unspecified atom stereocenters. The molecule has 0 bridgehead atoms. The smallest absolute Gasteiger partial charge is 0.271 e. The van der Waals surface area contributed by atoms with Gasteiger partial charge in [-0.05, 0) is 36.2 Å². The molecule has 0 aliphatic heterocycles. The number of halogens is 1. The summed E-state index contributed by atoms with van der Waals surface area (Å²) in [7, 11) is 0. The Hall–Kier alpha value is -2.09. The van der Waals surface area contributed by atoms with Crippen molar-refractivity contribution in [2.75, 3.05) is 18.4 Å². The second-order valence-electron chi connectivity index (χ2n) is 4.69. The standard InChI is InChI=1S/C14H17BrN6O/c1-9-6-20-12(8-18-9)14(22)17-5-3-4-16-13-11(15)7-19-10(2)21-13/h6-8H,3-5H2,1-2H3,(H,17,22)(H,16,19,21). The zero-order valence-electron chi connectivity index (χ0n) is 12.4. The van der Waals surface area contributed by atoms with E-state index < -0.39 is 0 Å². The molecule has 0 radical (unpaired) electrons. The van der Waals surface area contributed by atoms with Gasteiger partial charge in [0.25, 0.3) is 5.91 Å². The fourth-order valence-electron chi connectivity index (χ4n) is 1.68. The predicted octanol–water partition coefficient (Wildman–Crippen LogP) is 1.88. The van der Waals surface area contributed by atoms with Crippen LogP contribution in [0.15, 0.2) is 23.1 Å². The molecule has 2 N–H and O–H groups in total. The lowest BCUT2D eigenvalue weighted by Crippen LogP contribution is -2.26. The Balaban J connectivity index is 1.72. The van der Waals surface area contributed by atoms with E-state index in [1.807, 2.05) is 13.8 Å². The van der Waals surface area contributed by atoms with Gasteiger partial charge in [-0.1, -0.05) is 0 Å². The highest BCUT2D eigenvalue weighted by Crippen LogP contribution is 2.17. The van der Waals surface area contributed by atoms with Crippen molar-refractivity contribution in [3.05, 3.63) is 40.3 Å². The van der Waals surface area contributed by atoms with E-state index in [4.69, 9.17) is 0 Å². The van der Waals surface area contributed by atoms with E-state index in [1.165, 1.54) is 6.20 Å². The molecular formula is C14H17BrN6O. The van der Waals surface area contributed by atoms with Crippen LogP contribution in [0.2, 0.25) is 0 Å².